The first kappa shape index (κ1) is 15.7. The quantitative estimate of drug-likeness (QED) is 0.794. The van der Waals surface area contributed by atoms with Crippen LogP contribution in [0.25, 0.3) is 0 Å². The summed E-state index contributed by atoms with van der Waals surface area (Å²) in [4.78, 5) is 29.5. The molecule has 23 heavy (non-hydrogen) atoms. The Morgan fingerprint density at radius 3 is 2.48 bits per heavy atom. The van der Waals surface area contributed by atoms with E-state index in [4.69, 9.17) is 0 Å². The van der Waals surface area contributed by atoms with Crippen LogP contribution < -0.4 is 20.9 Å². The van der Waals surface area contributed by atoms with Gasteiger partial charge in [-0.1, -0.05) is 25.3 Å². The molecule has 124 valence electrons. The Balaban J connectivity index is 1.60. The van der Waals surface area contributed by atoms with Crippen molar-refractivity contribution in [3.8, 4) is 0 Å². The number of nitrogens with zero attached hydrogens (tertiary/aromatic N) is 2. The van der Waals surface area contributed by atoms with E-state index in [0.717, 1.165) is 4.90 Å². The van der Waals surface area contributed by atoms with E-state index in [0.29, 0.717) is 11.7 Å². The first-order valence-corrected chi connectivity index (χ1v) is 8.23. The number of anilines is 1. The van der Waals surface area contributed by atoms with Gasteiger partial charge in [0.2, 0.25) is 0 Å². The maximum Gasteiger partial charge on any atom is 0.334 e. The molecule has 2 heterocycles. The minimum absolute atomic E-state index is 0.238. The maximum absolute atomic E-state index is 12.2. The van der Waals surface area contributed by atoms with Crippen molar-refractivity contribution in [3.63, 3.8) is 0 Å². The molecule has 1 aliphatic carbocycles. The number of amides is 4. The molecule has 0 radical (unpaired) electrons. The largest absolute Gasteiger partial charge is 0.334 e. The molecule has 2 aliphatic rings. The fourth-order valence-electron chi connectivity index (χ4n) is 3.31. The normalized spacial score (nSPS) is 21.7. The maximum atomic E-state index is 12.2. The van der Waals surface area contributed by atoms with Crippen LogP contribution in [0.1, 0.15) is 39.0 Å². The molecule has 1 aliphatic heterocycles. The van der Waals surface area contributed by atoms with Gasteiger partial charge in [-0.05, 0) is 37.8 Å². The van der Waals surface area contributed by atoms with Gasteiger partial charge in [-0.25, -0.2) is 14.6 Å². The number of nitrogens with one attached hydrogen (secondary N) is 3. The fraction of sp³-hybridized carbons (Fsp3) is 0.562. The molecule has 0 aromatic carbocycles. The third kappa shape index (κ3) is 3.61. The molecule has 3 N–H and O–H groups in total. The van der Waals surface area contributed by atoms with E-state index in [2.05, 4.69) is 27.9 Å². The van der Waals surface area contributed by atoms with Crippen LogP contribution in [0.2, 0.25) is 0 Å². The minimum Gasteiger partial charge on any atom is -0.304 e. The highest BCUT2D eigenvalue weighted by molar-refractivity contribution is 6.14. The van der Waals surface area contributed by atoms with Gasteiger partial charge in [-0.2, -0.15) is 4.90 Å². The topological polar surface area (TPSA) is 86.4 Å². The number of rotatable bonds is 4. The predicted molar refractivity (Wildman–Crippen MR) is 86.7 cm³/mol. The van der Waals surface area contributed by atoms with Crippen molar-refractivity contribution in [1.82, 2.24) is 20.9 Å². The summed E-state index contributed by atoms with van der Waals surface area (Å²) in [5, 5.41) is 8.85. The van der Waals surface area contributed by atoms with Crippen LogP contribution >= 0.6 is 0 Å². The Bertz CT molecular complexity index is 541. The van der Waals surface area contributed by atoms with Gasteiger partial charge in [0, 0.05) is 12.2 Å². The second-order valence-corrected chi connectivity index (χ2v) is 6.21. The molecule has 0 unspecified atom stereocenters. The monoisotopic (exact) mass is 317 g/mol. The summed E-state index contributed by atoms with van der Waals surface area (Å²) >= 11 is 0. The van der Waals surface area contributed by atoms with E-state index in [9.17, 15) is 9.59 Å². The summed E-state index contributed by atoms with van der Waals surface area (Å²) in [6.07, 6.45) is 7.21. The number of hydrogen-bond donors (Lipinski definition) is 3. The molecular formula is C16H23N5O2. The highest BCUT2D eigenvalue weighted by atomic mass is 16.2. The van der Waals surface area contributed by atoms with Crippen LogP contribution in [0.4, 0.5) is 15.4 Å². The van der Waals surface area contributed by atoms with Crippen LogP contribution in [0.5, 0.6) is 0 Å². The van der Waals surface area contributed by atoms with Gasteiger partial charge in [-0.15, -0.1) is 0 Å². The average molecular weight is 317 g/mol. The molecule has 1 atom stereocenters. The second-order valence-electron chi connectivity index (χ2n) is 6.21. The van der Waals surface area contributed by atoms with Crippen molar-refractivity contribution in [2.45, 2.75) is 51.4 Å². The van der Waals surface area contributed by atoms with E-state index in [1.54, 1.807) is 24.4 Å². The lowest BCUT2D eigenvalue weighted by Gasteiger charge is -2.36. The first-order chi connectivity index (χ1) is 11.1. The van der Waals surface area contributed by atoms with Gasteiger partial charge < -0.3 is 10.6 Å². The third-order valence-electron chi connectivity index (χ3n) is 4.61. The zero-order valence-corrected chi connectivity index (χ0v) is 13.3. The van der Waals surface area contributed by atoms with Gasteiger partial charge in [0.1, 0.15) is 5.82 Å². The molecule has 7 nitrogen and oxygen atoms in total. The van der Waals surface area contributed by atoms with Crippen molar-refractivity contribution in [2.75, 3.05) is 4.90 Å². The Morgan fingerprint density at radius 1 is 1.17 bits per heavy atom. The number of carbonyl (C=O) groups excluding carboxylic acids is 2. The SMILES string of the molecule is C[C@H](NC1NC(=O)N(c2ccccn2)C(=O)N1)C1CCCCC1. The molecular weight excluding hydrogens is 294 g/mol. The van der Waals surface area contributed by atoms with Crippen molar-refractivity contribution in [2.24, 2.45) is 5.92 Å². The van der Waals surface area contributed by atoms with E-state index < -0.39 is 18.4 Å². The molecule has 0 spiro atoms. The molecule has 1 aromatic rings. The molecule has 7 heteroatoms. The van der Waals surface area contributed by atoms with Crippen LogP contribution in [-0.2, 0) is 0 Å². The van der Waals surface area contributed by atoms with E-state index in [-0.39, 0.29) is 6.04 Å². The van der Waals surface area contributed by atoms with Crippen molar-refractivity contribution in [1.29, 1.82) is 0 Å². The fourth-order valence-corrected chi connectivity index (χ4v) is 3.31. The van der Waals surface area contributed by atoms with E-state index >= 15 is 0 Å². The predicted octanol–water partition coefficient (Wildman–Crippen LogP) is 2.16. The van der Waals surface area contributed by atoms with Crippen molar-refractivity contribution < 1.29 is 9.59 Å². The lowest BCUT2D eigenvalue weighted by Crippen LogP contribution is -2.69. The molecule has 4 amide bonds. The number of carbonyl (C=O) groups is 2. The summed E-state index contributed by atoms with van der Waals surface area (Å²) in [7, 11) is 0. The minimum atomic E-state index is -0.549. The Kier molecular flexibility index (Phi) is 4.76. The molecule has 1 aromatic heterocycles. The summed E-state index contributed by atoms with van der Waals surface area (Å²) in [5.41, 5.74) is 0. The number of imide groups is 1. The Hall–Kier alpha value is -2.15. The van der Waals surface area contributed by atoms with Gasteiger partial charge >= 0.3 is 12.1 Å². The highest BCUT2D eigenvalue weighted by Crippen LogP contribution is 2.26. The zero-order valence-electron chi connectivity index (χ0n) is 13.3. The average Bonchev–Trinajstić information content (AvgIpc) is 2.56. The molecule has 2 fully saturated rings. The number of aromatic nitrogens is 1. The van der Waals surface area contributed by atoms with Crippen LogP contribution in [0, 0.1) is 5.92 Å². The van der Waals surface area contributed by atoms with Crippen LogP contribution in [0.3, 0.4) is 0 Å². The Morgan fingerprint density at radius 2 is 1.87 bits per heavy atom. The van der Waals surface area contributed by atoms with Crippen LogP contribution in [-0.4, -0.2) is 29.4 Å². The van der Waals surface area contributed by atoms with Crippen LogP contribution in [0.15, 0.2) is 24.4 Å². The van der Waals surface area contributed by atoms with Gasteiger partial charge in [0.15, 0.2) is 6.29 Å². The standard InChI is InChI=1S/C16H23N5O2/c1-11(12-7-3-2-4-8-12)18-14-19-15(22)21(16(23)20-14)13-9-5-6-10-17-13/h5-6,9-12,14,18H,2-4,7-8H2,1H3,(H,19,22)(H,20,23)/t11-/m0/s1. The summed E-state index contributed by atoms with van der Waals surface area (Å²) in [5.74, 6) is 0.896. The summed E-state index contributed by atoms with van der Waals surface area (Å²) < 4.78 is 0. The first-order valence-electron chi connectivity index (χ1n) is 8.23. The molecule has 3 rings (SSSR count). The zero-order chi connectivity index (χ0) is 16.2. The number of hydrogen-bond acceptors (Lipinski definition) is 4. The van der Waals surface area contributed by atoms with Crippen molar-refractivity contribution >= 4 is 17.9 Å². The van der Waals surface area contributed by atoms with E-state index in [1.807, 2.05) is 0 Å². The third-order valence-corrected chi connectivity index (χ3v) is 4.61. The number of pyridine rings is 1. The van der Waals surface area contributed by atoms with Gasteiger partial charge in [-0.3, -0.25) is 5.32 Å². The summed E-state index contributed by atoms with van der Waals surface area (Å²) in [6.45, 7) is 2.11. The summed E-state index contributed by atoms with van der Waals surface area (Å²) in [6, 6.07) is 4.39. The highest BCUT2D eigenvalue weighted by Gasteiger charge is 2.34. The lowest BCUT2D eigenvalue weighted by atomic mass is 9.84. The van der Waals surface area contributed by atoms with Gasteiger partial charge in [0.05, 0.1) is 0 Å². The van der Waals surface area contributed by atoms with E-state index in [1.165, 1.54) is 32.1 Å². The smallest absolute Gasteiger partial charge is 0.304 e. The van der Waals surface area contributed by atoms with Gasteiger partial charge in [0.25, 0.3) is 0 Å². The molecule has 1 saturated heterocycles. The number of urea groups is 2. The molecule has 0 bridgehead atoms. The lowest BCUT2D eigenvalue weighted by molar-refractivity contribution is 0.197. The second kappa shape index (κ2) is 6.95. The van der Waals surface area contributed by atoms with Crippen molar-refractivity contribution in [3.05, 3.63) is 24.4 Å². The Labute approximate surface area is 135 Å². The molecule has 1 saturated carbocycles.